The van der Waals surface area contributed by atoms with Crippen molar-refractivity contribution in [3.8, 4) is 0 Å². The van der Waals surface area contributed by atoms with Gasteiger partial charge in [-0.2, -0.15) is 0 Å². The number of ether oxygens (including phenoxy) is 11. The molecule has 0 amide bonds. The molecule has 0 aliphatic carbocycles. The van der Waals surface area contributed by atoms with Crippen LogP contribution in [0.4, 0.5) is 0 Å². The Bertz CT molecular complexity index is 629. The molecule has 0 bridgehead atoms. The van der Waals surface area contributed by atoms with Gasteiger partial charge >= 0.3 is 11.9 Å². The average Bonchev–Trinajstić information content (AvgIpc) is 3.01. The third-order valence-electron chi connectivity index (χ3n) is 5.54. The first-order valence-electron chi connectivity index (χ1n) is 15.8. The fourth-order valence-corrected chi connectivity index (χ4v) is 3.16. The Hall–Kier alpha value is -1.50. The zero-order chi connectivity index (χ0) is 32.9. The molecule has 0 aromatic rings. The second-order valence-electron chi connectivity index (χ2n) is 9.75. The van der Waals surface area contributed by atoms with E-state index in [1.54, 1.807) is 0 Å². The highest BCUT2D eigenvalue weighted by atomic mass is 16.6. The van der Waals surface area contributed by atoms with Crippen LogP contribution in [-0.4, -0.2) is 181 Å². The van der Waals surface area contributed by atoms with Gasteiger partial charge in [-0.3, -0.25) is 9.59 Å². The molecule has 0 atom stereocenters. The number of rotatable bonds is 38. The number of esters is 1. The maximum absolute atomic E-state index is 11.5. The third kappa shape index (κ3) is 40.5. The SMILES string of the molecule is CN(C)CCOCCOCCOCCOCCOCCOCCOCCOCCOCCOCCOC(=O)CCCCC(=O)O. The van der Waals surface area contributed by atoms with Gasteiger partial charge in [0.25, 0.3) is 0 Å². The van der Waals surface area contributed by atoms with Gasteiger partial charge < -0.3 is 62.1 Å². The molecule has 15 heteroatoms. The van der Waals surface area contributed by atoms with E-state index in [2.05, 4.69) is 4.90 Å². The summed E-state index contributed by atoms with van der Waals surface area (Å²) in [5.41, 5.74) is 0. The Labute approximate surface area is 268 Å². The van der Waals surface area contributed by atoms with Crippen molar-refractivity contribution in [3.63, 3.8) is 0 Å². The largest absolute Gasteiger partial charge is 0.481 e. The van der Waals surface area contributed by atoms with E-state index >= 15 is 0 Å². The summed E-state index contributed by atoms with van der Waals surface area (Å²) >= 11 is 0. The fourth-order valence-electron chi connectivity index (χ4n) is 3.16. The molecule has 0 heterocycles. The lowest BCUT2D eigenvalue weighted by Crippen LogP contribution is -2.19. The van der Waals surface area contributed by atoms with Gasteiger partial charge in [-0.1, -0.05) is 0 Å². The summed E-state index contributed by atoms with van der Waals surface area (Å²) in [5, 5.41) is 8.54. The van der Waals surface area contributed by atoms with E-state index in [1.807, 2.05) is 14.1 Å². The van der Waals surface area contributed by atoms with Crippen LogP contribution >= 0.6 is 0 Å². The fraction of sp³-hybridized carbons (Fsp3) is 0.933. The van der Waals surface area contributed by atoms with Crippen molar-refractivity contribution in [2.75, 3.05) is 159 Å². The highest BCUT2D eigenvalue weighted by molar-refractivity contribution is 5.69. The van der Waals surface area contributed by atoms with Crippen LogP contribution in [0, 0.1) is 0 Å². The summed E-state index contributed by atoms with van der Waals surface area (Å²) in [5.74, 6) is -1.21. The van der Waals surface area contributed by atoms with Gasteiger partial charge in [0.2, 0.25) is 0 Å². The van der Waals surface area contributed by atoms with Crippen LogP contribution in [0.1, 0.15) is 25.7 Å². The molecular weight excluding hydrogens is 598 g/mol. The molecule has 268 valence electrons. The Morgan fingerprint density at radius 3 is 0.978 bits per heavy atom. The maximum atomic E-state index is 11.5. The second kappa shape index (κ2) is 37.0. The number of carboxylic acid groups (broad SMARTS) is 1. The number of likely N-dealkylation sites (N-methyl/N-ethyl adjacent to an activating group) is 1. The van der Waals surface area contributed by atoms with E-state index in [-0.39, 0.29) is 32.0 Å². The lowest BCUT2D eigenvalue weighted by Gasteiger charge is -2.10. The molecule has 0 unspecified atom stereocenters. The number of carbonyl (C=O) groups excluding carboxylic acids is 1. The number of hydrogen-bond donors (Lipinski definition) is 1. The average molecular weight is 658 g/mol. The summed E-state index contributed by atoms with van der Waals surface area (Å²) in [7, 11) is 4.03. The quantitative estimate of drug-likeness (QED) is 0.0737. The first kappa shape index (κ1) is 43.5. The van der Waals surface area contributed by atoms with Crippen molar-refractivity contribution < 1.29 is 66.8 Å². The second-order valence-corrected chi connectivity index (χ2v) is 9.75. The molecule has 0 fully saturated rings. The van der Waals surface area contributed by atoms with Gasteiger partial charge in [-0.05, 0) is 26.9 Å². The van der Waals surface area contributed by atoms with Crippen molar-refractivity contribution in [1.82, 2.24) is 4.90 Å². The van der Waals surface area contributed by atoms with Gasteiger partial charge in [0.15, 0.2) is 0 Å². The van der Waals surface area contributed by atoms with Crippen LogP contribution in [-0.2, 0) is 61.7 Å². The lowest BCUT2D eigenvalue weighted by atomic mass is 10.2. The van der Waals surface area contributed by atoms with Gasteiger partial charge in [0.1, 0.15) is 6.61 Å². The molecule has 15 nitrogen and oxygen atoms in total. The van der Waals surface area contributed by atoms with E-state index in [0.29, 0.717) is 138 Å². The molecule has 1 N–H and O–H groups in total. The van der Waals surface area contributed by atoms with E-state index in [9.17, 15) is 9.59 Å². The zero-order valence-corrected chi connectivity index (χ0v) is 27.6. The number of carbonyl (C=O) groups is 2. The van der Waals surface area contributed by atoms with Crippen LogP contribution in [0.25, 0.3) is 0 Å². The Morgan fingerprint density at radius 1 is 0.422 bits per heavy atom. The first-order chi connectivity index (χ1) is 22.0. The number of nitrogens with zero attached hydrogens (tertiary/aromatic N) is 1. The molecule has 0 spiro atoms. The lowest BCUT2D eigenvalue weighted by molar-refractivity contribution is -0.146. The van der Waals surface area contributed by atoms with E-state index in [4.69, 9.17) is 57.2 Å². The van der Waals surface area contributed by atoms with Crippen molar-refractivity contribution in [2.24, 2.45) is 0 Å². The van der Waals surface area contributed by atoms with E-state index < -0.39 is 5.97 Å². The summed E-state index contributed by atoms with van der Waals surface area (Å²) in [4.78, 5) is 23.9. The minimum Gasteiger partial charge on any atom is -0.481 e. The standard InChI is InChI=1S/C30H59NO14/c1-31(2)7-8-35-9-10-36-11-12-37-13-14-38-15-16-39-17-18-40-19-20-41-21-22-42-23-24-43-25-26-44-27-28-45-30(34)6-4-3-5-29(32)33/h3-28H2,1-2H3,(H,32,33). The summed E-state index contributed by atoms with van der Waals surface area (Å²) in [6.45, 7) is 10.9. The normalized spacial score (nSPS) is 11.4. The molecule has 0 saturated carbocycles. The van der Waals surface area contributed by atoms with Gasteiger partial charge in [0.05, 0.1) is 132 Å². The predicted octanol–water partition coefficient (Wildman–Crippen LogP) is 0.902. The van der Waals surface area contributed by atoms with Crippen molar-refractivity contribution in [2.45, 2.75) is 25.7 Å². The minimum absolute atomic E-state index is 0.0613. The Morgan fingerprint density at radius 2 is 0.689 bits per heavy atom. The number of hydrogen-bond acceptors (Lipinski definition) is 14. The monoisotopic (exact) mass is 657 g/mol. The minimum atomic E-state index is -0.862. The first-order valence-corrected chi connectivity index (χ1v) is 15.8. The molecule has 45 heavy (non-hydrogen) atoms. The highest BCUT2D eigenvalue weighted by Crippen LogP contribution is 2.01. The summed E-state index contributed by atoms with van der Waals surface area (Å²) < 4.78 is 59.3. The molecule has 0 aliphatic heterocycles. The van der Waals surface area contributed by atoms with Crippen molar-refractivity contribution in [3.05, 3.63) is 0 Å². The molecule has 0 aliphatic rings. The predicted molar refractivity (Wildman–Crippen MR) is 164 cm³/mol. The van der Waals surface area contributed by atoms with Crippen LogP contribution in [0.2, 0.25) is 0 Å². The van der Waals surface area contributed by atoms with E-state index in [0.717, 1.165) is 6.54 Å². The number of aliphatic carboxylic acids is 1. The topological polar surface area (TPSA) is 159 Å². The van der Waals surface area contributed by atoms with Crippen LogP contribution < -0.4 is 0 Å². The Balaban J connectivity index is 3.10. The van der Waals surface area contributed by atoms with Crippen LogP contribution in [0.5, 0.6) is 0 Å². The third-order valence-corrected chi connectivity index (χ3v) is 5.54. The molecule has 0 aromatic carbocycles. The molecular formula is C30H59NO14. The summed E-state index contributed by atoms with van der Waals surface area (Å²) in [6, 6.07) is 0. The van der Waals surface area contributed by atoms with Gasteiger partial charge in [0, 0.05) is 19.4 Å². The number of unbranched alkanes of at least 4 members (excludes halogenated alkanes) is 1. The molecule has 0 aromatic heterocycles. The Kier molecular flexibility index (Phi) is 35.7. The van der Waals surface area contributed by atoms with Crippen LogP contribution in [0.15, 0.2) is 0 Å². The molecule has 0 rings (SSSR count). The maximum Gasteiger partial charge on any atom is 0.305 e. The number of carboxylic acids is 1. The smallest absolute Gasteiger partial charge is 0.305 e. The van der Waals surface area contributed by atoms with Crippen LogP contribution in [0.3, 0.4) is 0 Å². The van der Waals surface area contributed by atoms with Gasteiger partial charge in [-0.25, -0.2) is 0 Å². The molecule has 0 radical (unpaired) electrons. The summed E-state index contributed by atoms with van der Waals surface area (Å²) in [6.07, 6.45) is 1.24. The van der Waals surface area contributed by atoms with Crippen molar-refractivity contribution >= 4 is 11.9 Å². The molecule has 0 saturated heterocycles. The van der Waals surface area contributed by atoms with Crippen molar-refractivity contribution in [1.29, 1.82) is 0 Å². The van der Waals surface area contributed by atoms with E-state index in [1.165, 1.54) is 0 Å². The zero-order valence-electron chi connectivity index (χ0n) is 27.6. The van der Waals surface area contributed by atoms with Gasteiger partial charge in [-0.15, -0.1) is 0 Å². The highest BCUT2D eigenvalue weighted by Gasteiger charge is 2.04.